The molecule has 1 N–H and O–H groups in total. The number of nitrogens with zero attached hydrogens (tertiary/aromatic N) is 1. The van der Waals surface area contributed by atoms with Crippen molar-refractivity contribution < 1.29 is 14.4 Å². The Balaban J connectivity index is 3.78. The minimum Gasteiger partial charge on any atom is -0.481 e. The number of hydrogen-bond acceptors (Lipinski definition) is 1. The van der Waals surface area contributed by atoms with E-state index in [-0.39, 0.29) is 0 Å². The van der Waals surface area contributed by atoms with Gasteiger partial charge in [-0.3, -0.25) is 4.79 Å². The fourth-order valence-corrected chi connectivity index (χ4v) is 2.55. The molecule has 19 heavy (non-hydrogen) atoms. The predicted molar refractivity (Wildman–Crippen MR) is 81.3 cm³/mol. The maximum atomic E-state index is 10.7. The van der Waals surface area contributed by atoms with E-state index in [1.807, 2.05) is 0 Å². The third-order valence-corrected chi connectivity index (χ3v) is 3.93. The Labute approximate surface area is 119 Å². The van der Waals surface area contributed by atoms with E-state index in [0.717, 1.165) is 17.3 Å². The lowest BCUT2D eigenvalue weighted by Crippen LogP contribution is -2.45. The number of hydrogen-bond donors (Lipinski definition) is 1. The predicted octanol–water partition coefficient (Wildman–Crippen LogP) is 4.07. The molecule has 3 heteroatoms. The van der Waals surface area contributed by atoms with Crippen molar-refractivity contribution in [1.82, 2.24) is 0 Å². The van der Waals surface area contributed by atoms with Gasteiger partial charge in [0, 0.05) is 6.42 Å². The number of carboxylic acid groups (broad SMARTS) is 1. The number of unbranched alkanes of at least 4 members (excludes halogenated alkanes) is 6. The fourth-order valence-electron chi connectivity index (χ4n) is 2.55. The van der Waals surface area contributed by atoms with E-state index in [1.54, 1.807) is 0 Å². The van der Waals surface area contributed by atoms with E-state index >= 15 is 0 Å². The average Bonchev–Trinajstić information content (AvgIpc) is 2.29. The summed E-state index contributed by atoms with van der Waals surface area (Å²) in [5, 5.41) is 8.81. The van der Waals surface area contributed by atoms with Crippen LogP contribution in [0.5, 0.6) is 0 Å². The van der Waals surface area contributed by atoms with Crippen LogP contribution in [-0.2, 0) is 4.79 Å². The lowest BCUT2D eigenvalue weighted by molar-refractivity contribution is -0.896. The third kappa shape index (κ3) is 11.0. The van der Waals surface area contributed by atoms with Gasteiger partial charge in [-0.15, -0.1) is 0 Å². The lowest BCUT2D eigenvalue weighted by Gasteiger charge is -2.34. The Morgan fingerprint density at radius 3 is 1.95 bits per heavy atom. The van der Waals surface area contributed by atoms with Gasteiger partial charge in [-0.25, -0.2) is 0 Å². The van der Waals surface area contributed by atoms with Crippen LogP contribution in [-0.4, -0.2) is 42.7 Å². The van der Waals surface area contributed by atoms with E-state index < -0.39 is 5.97 Å². The van der Waals surface area contributed by atoms with Gasteiger partial charge in [0.1, 0.15) is 0 Å². The smallest absolute Gasteiger partial charge is 0.303 e. The topological polar surface area (TPSA) is 37.3 Å². The summed E-state index contributed by atoms with van der Waals surface area (Å²) in [5.41, 5.74) is 0. The minimum absolute atomic E-state index is 0.302. The highest BCUT2D eigenvalue weighted by molar-refractivity contribution is 5.66. The van der Waals surface area contributed by atoms with Crippen LogP contribution in [0.1, 0.15) is 71.1 Å². The van der Waals surface area contributed by atoms with Crippen LogP contribution < -0.4 is 0 Å². The number of quaternary nitrogens is 1. The van der Waals surface area contributed by atoms with Crippen LogP contribution in [0.2, 0.25) is 0 Å². The maximum absolute atomic E-state index is 10.7. The molecule has 0 amide bonds. The van der Waals surface area contributed by atoms with Crippen molar-refractivity contribution in [1.29, 1.82) is 0 Å². The van der Waals surface area contributed by atoms with Crippen molar-refractivity contribution in [2.75, 3.05) is 21.1 Å². The molecule has 0 saturated heterocycles. The van der Waals surface area contributed by atoms with Gasteiger partial charge in [0.05, 0.1) is 33.6 Å². The summed E-state index contributed by atoms with van der Waals surface area (Å²) in [6.45, 7) is 2.24. The molecular weight excluding hydrogens is 238 g/mol. The van der Waals surface area contributed by atoms with Gasteiger partial charge in [-0.05, 0) is 12.8 Å². The second-order valence-electron chi connectivity index (χ2n) is 6.61. The van der Waals surface area contributed by atoms with Crippen molar-refractivity contribution in [2.45, 2.75) is 77.2 Å². The summed E-state index contributed by atoms with van der Waals surface area (Å²) in [5.74, 6) is -0.669. The van der Waals surface area contributed by atoms with Crippen molar-refractivity contribution in [3.05, 3.63) is 0 Å². The molecule has 1 unspecified atom stereocenters. The second kappa shape index (κ2) is 10.2. The lowest BCUT2D eigenvalue weighted by atomic mass is 10.00. The third-order valence-electron chi connectivity index (χ3n) is 3.93. The zero-order valence-electron chi connectivity index (χ0n) is 13.5. The van der Waals surface area contributed by atoms with Gasteiger partial charge in [-0.1, -0.05) is 45.4 Å². The SMILES string of the molecule is CCCCCCCCCC(CCC(=O)O)[N+](C)(C)C. The number of rotatable bonds is 12. The summed E-state index contributed by atoms with van der Waals surface area (Å²) in [7, 11) is 6.52. The Kier molecular flexibility index (Phi) is 9.94. The first-order valence-electron chi connectivity index (χ1n) is 7.90. The average molecular weight is 272 g/mol. The Morgan fingerprint density at radius 2 is 1.47 bits per heavy atom. The van der Waals surface area contributed by atoms with E-state index in [1.165, 1.54) is 44.9 Å². The zero-order valence-corrected chi connectivity index (χ0v) is 13.5. The highest BCUT2D eigenvalue weighted by Crippen LogP contribution is 2.18. The van der Waals surface area contributed by atoms with Gasteiger partial charge < -0.3 is 9.59 Å². The molecule has 0 radical (unpaired) electrons. The molecule has 0 spiro atoms. The molecule has 0 rings (SSSR count). The summed E-state index contributed by atoms with van der Waals surface area (Å²) in [6, 6.07) is 0.478. The van der Waals surface area contributed by atoms with Gasteiger partial charge in [0.15, 0.2) is 0 Å². The first kappa shape index (κ1) is 18.4. The van der Waals surface area contributed by atoms with E-state index in [4.69, 9.17) is 5.11 Å². The van der Waals surface area contributed by atoms with Crippen molar-refractivity contribution in [3.8, 4) is 0 Å². The Bertz CT molecular complexity index is 233. The highest BCUT2D eigenvalue weighted by atomic mass is 16.4. The highest BCUT2D eigenvalue weighted by Gasteiger charge is 2.23. The molecule has 0 aliphatic rings. The van der Waals surface area contributed by atoms with E-state index in [0.29, 0.717) is 12.5 Å². The van der Waals surface area contributed by atoms with E-state index in [9.17, 15) is 4.79 Å². The minimum atomic E-state index is -0.669. The van der Waals surface area contributed by atoms with Crippen LogP contribution in [0.3, 0.4) is 0 Å². The molecular formula is C16H34NO2+. The van der Waals surface area contributed by atoms with Gasteiger partial charge in [0.25, 0.3) is 0 Å². The molecule has 0 aromatic carbocycles. The van der Waals surface area contributed by atoms with Crippen LogP contribution in [0.4, 0.5) is 0 Å². The molecule has 1 atom stereocenters. The molecule has 0 bridgehead atoms. The molecule has 0 saturated carbocycles. The quantitative estimate of drug-likeness (QED) is 0.429. The zero-order chi connectivity index (χ0) is 14.7. The maximum Gasteiger partial charge on any atom is 0.303 e. The van der Waals surface area contributed by atoms with Crippen molar-refractivity contribution in [2.24, 2.45) is 0 Å². The summed E-state index contributed by atoms with van der Waals surface area (Å²) in [4.78, 5) is 10.7. The number of carboxylic acids is 1. The largest absolute Gasteiger partial charge is 0.481 e. The molecule has 0 fully saturated rings. The Hall–Kier alpha value is -0.570. The van der Waals surface area contributed by atoms with Crippen LogP contribution >= 0.6 is 0 Å². The molecule has 0 aromatic heterocycles. The first-order chi connectivity index (χ1) is 8.88. The molecule has 0 heterocycles. The molecule has 0 aliphatic heterocycles. The number of carbonyl (C=O) groups is 1. The fraction of sp³-hybridized carbons (Fsp3) is 0.938. The summed E-state index contributed by atoms with van der Waals surface area (Å²) >= 11 is 0. The second-order valence-corrected chi connectivity index (χ2v) is 6.61. The molecule has 0 aromatic rings. The van der Waals surface area contributed by atoms with Gasteiger partial charge in [0.2, 0.25) is 0 Å². The van der Waals surface area contributed by atoms with E-state index in [2.05, 4.69) is 28.1 Å². The monoisotopic (exact) mass is 272 g/mol. The Morgan fingerprint density at radius 1 is 0.947 bits per heavy atom. The first-order valence-corrected chi connectivity index (χ1v) is 7.90. The molecule has 114 valence electrons. The van der Waals surface area contributed by atoms with Gasteiger partial charge >= 0.3 is 5.97 Å². The normalized spacial score (nSPS) is 13.5. The number of aliphatic carboxylic acids is 1. The van der Waals surface area contributed by atoms with Crippen LogP contribution in [0.15, 0.2) is 0 Å². The molecule has 0 aliphatic carbocycles. The van der Waals surface area contributed by atoms with Crippen molar-refractivity contribution in [3.63, 3.8) is 0 Å². The van der Waals surface area contributed by atoms with Crippen LogP contribution in [0.25, 0.3) is 0 Å². The standard InChI is InChI=1S/C16H33NO2/c1-5-6-7-8-9-10-11-12-15(17(2,3)4)13-14-16(18)19/h15H,5-14H2,1-4H3/p+1. The molecule has 3 nitrogen and oxygen atoms in total. The summed E-state index contributed by atoms with van der Waals surface area (Å²) in [6.07, 6.45) is 11.5. The van der Waals surface area contributed by atoms with Crippen molar-refractivity contribution >= 4 is 5.97 Å². The van der Waals surface area contributed by atoms with Gasteiger partial charge in [-0.2, -0.15) is 0 Å². The van der Waals surface area contributed by atoms with Crippen LogP contribution in [0, 0.1) is 0 Å². The summed E-state index contributed by atoms with van der Waals surface area (Å²) < 4.78 is 0.878.